The molecule has 0 aromatic rings. The first-order chi connectivity index (χ1) is 3.98. The summed E-state index contributed by atoms with van der Waals surface area (Å²) in [5, 5.41) is 8.82. The molecule has 0 bridgehead atoms. The van der Waals surface area contributed by atoms with Gasteiger partial charge in [0.05, 0.1) is 5.76 Å². The van der Waals surface area contributed by atoms with E-state index in [9.17, 15) is 0 Å². The zero-order valence-electron chi connectivity index (χ0n) is 5.95. The molecule has 0 fully saturated rings. The van der Waals surface area contributed by atoms with E-state index >= 15 is 0 Å². The van der Waals surface area contributed by atoms with Crippen molar-refractivity contribution < 1.29 is 5.11 Å². The van der Waals surface area contributed by atoms with Gasteiger partial charge in [0.2, 0.25) is 0 Å². The molecule has 0 rings (SSSR count). The van der Waals surface area contributed by atoms with E-state index < -0.39 is 0 Å². The van der Waals surface area contributed by atoms with Gasteiger partial charge < -0.3 is 5.11 Å². The molecule has 0 heterocycles. The van der Waals surface area contributed by atoms with Crippen LogP contribution < -0.4 is 0 Å². The Kier molecular flexibility index (Phi) is 3.54. The zero-order valence-corrected chi connectivity index (χ0v) is 8.10. The average molecular weight is 240 g/mol. The molecule has 54 valence electrons. The van der Waals surface area contributed by atoms with Crippen molar-refractivity contribution in [1.82, 2.24) is 0 Å². The van der Waals surface area contributed by atoms with Crippen molar-refractivity contribution in [3.8, 4) is 0 Å². The molecule has 0 aromatic heterocycles. The van der Waals surface area contributed by atoms with Gasteiger partial charge in [-0.25, -0.2) is 0 Å². The minimum absolute atomic E-state index is 0.201. The summed E-state index contributed by atoms with van der Waals surface area (Å²) < 4.78 is 1.05. The summed E-state index contributed by atoms with van der Waals surface area (Å²) in [4.78, 5) is 0. The Labute approximate surface area is 70.3 Å². The maximum Gasteiger partial charge on any atom is 0.0856 e. The van der Waals surface area contributed by atoms with E-state index in [1.807, 2.05) is 0 Å². The number of allylic oxidation sites excluding steroid dienone is 1. The van der Waals surface area contributed by atoms with E-state index in [0.29, 0.717) is 6.42 Å². The lowest BCUT2D eigenvalue weighted by Gasteiger charge is -2.19. The molecular formula is C7H13IO. The molecule has 0 unspecified atom stereocenters. The molecular weight excluding hydrogens is 227 g/mol. The van der Waals surface area contributed by atoms with Gasteiger partial charge in [0.1, 0.15) is 0 Å². The summed E-state index contributed by atoms with van der Waals surface area (Å²) in [6, 6.07) is 0. The van der Waals surface area contributed by atoms with Crippen LogP contribution in [0.1, 0.15) is 20.3 Å². The fourth-order valence-corrected chi connectivity index (χ4v) is 0.869. The van der Waals surface area contributed by atoms with Gasteiger partial charge in [-0.3, -0.25) is 0 Å². The maximum absolute atomic E-state index is 8.82. The lowest BCUT2D eigenvalue weighted by atomic mass is 9.92. The van der Waals surface area contributed by atoms with Crippen molar-refractivity contribution in [2.45, 2.75) is 20.3 Å². The third-order valence-electron chi connectivity index (χ3n) is 1.04. The van der Waals surface area contributed by atoms with Gasteiger partial charge in [-0.2, -0.15) is 0 Å². The molecule has 1 nitrogen and oxygen atoms in total. The molecule has 2 heteroatoms. The first kappa shape index (κ1) is 9.27. The lowest BCUT2D eigenvalue weighted by Crippen LogP contribution is -2.13. The van der Waals surface area contributed by atoms with E-state index in [2.05, 4.69) is 43.0 Å². The molecule has 9 heavy (non-hydrogen) atoms. The molecule has 0 aliphatic heterocycles. The van der Waals surface area contributed by atoms with Crippen LogP contribution in [0.4, 0.5) is 0 Å². The van der Waals surface area contributed by atoms with E-state index in [0.717, 1.165) is 4.43 Å². The van der Waals surface area contributed by atoms with E-state index in [-0.39, 0.29) is 11.2 Å². The van der Waals surface area contributed by atoms with Gasteiger partial charge in [-0.15, -0.1) is 0 Å². The molecule has 0 saturated carbocycles. The minimum atomic E-state index is 0.201. The van der Waals surface area contributed by atoms with Crippen molar-refractivity contribution in [1.29, 1.82) is 0 Å². The van der Waals surface area contributed by atoms with Gasteiger partial charge in [0, 0.05) is 10.8 Å². The third kappa shape index (κ3) is 4.75. The van der Waals surface area contributed by atoms with Gasteiger partial charge in [-0.1, -0.05) is 43.0 Å². The zero-order chi connectivity index (χ0) is 7.49. The standard InChI is InChI=1S/C7H13IO/c1-6(9)4-7(2,3)5-8/h9H,1,4-5H2,2-3H3. The second-order valence-electron chi connectivity index (χ2n) is 3.04. The molecule has 0 radical (unpaired) electrons. The molecule has 0 atom stereocenters. The van der Waals surface area contributed by atoms with Crippen LogP contribution in [0.3, 0.4) is 0 Å². The number of aliphatic hydroxyl groups is 1. The highest BCUT2D eigenvalue weighted by molar-refractivity contribution is 14.1. The molecule has 0 aromatic carbocycles. The smallest absolute Gasteiger partial charge is 0.0856 e. The Morgan fingerprint density at radius 2 is 2.11 bits per heavy atom. The van der Waals surface area contributed by atoms with Crippen molar-refractivity contribution in [3.63, 3.8) is 0 Å². The van der Waals surface area contributed by atoms with E-state index in [1.54, 1.807) is 0 Å². The van der Waals surface area contributed by atoms with Crippen LogP contribution in [-0.2, 0) is 0 Å². The van der Waals surface area contributed by atoms with Crippen molar-refractivity contribution in [3.05, 3.63) is 12.3 Å². The monoisotopic (exact) mass is 240 g/mol. The van der Waals surface area contributed by atoms with E-state index in [4.69, 9.17) is 5.11 Å². The Morgan fingerprint density at radius 3 is 2.22 bits per heavy atom. The normalized spacial score (nSPS) is 11.4. The van der Waals surface area contributed by atoms with Crippen molar-refractivity contribution in [2.24, 2.45) is 5.41 Å². The van der Waals surface area contributed by atoms with Crippen molar-refractivity contribution in [2.75, 3.05) is 4.43 Å². The highest BCUT2D eigenvalue weighted by Crippen LogP contribution is 2.25. The average Bonchev–Trinajstić information content (AvgIpc) is 1.63. The Bertz CT molecular complexity index is 107. The SMILES string of the molecule is C=C(O)CC(C)(C)CI. The second kappa shape index (κ2) is 3.44. The predicted molar refractivity (Wildman–Crippen MR) is 49.1 cm³/mol. The van der Waals surface area contributed by atoms with Gasteiger partial charge in [0.15, 0.2) is 0 Å². The van der Waals surface area contributed by atoms with Gasteiger partial charge in [0.25, 0.3) is 0 Å². The van der Waals surface area contributed by atoms with Crippen LogP contribution in [0.2, 0.25) is 0 Å². The third-order valence-corrected chi connectivity index (χ3v) is 3.11. The summed E-state index contributed by atoms with van der Waals surface area (Å²) in [6.07, 6.45) is 0.704. The lowest BCUT2D eigenvalue weighted by molar-refractivity contribution is 0.314. The van der Waals surface area contributed by atoms with Crippen molar-refractivity contribution >= 4 is 22.6 Å². The van der Waals surface area contributed by atoms with Crippen LogP contribution in [0, 0.1) is 5.41 Å². The Morgan fingerprint density at radius 1 is 1.67 bits per heavy atom. The summed E-state index contributed by atoms with van der Waals surface area (Å²) >= 11 is 2.31. The number of rotatable bonds is 3. The molecule has 1 N–H and O–H groups in total. The minimum Gasteiger partial charge on any atom is -0.513 e. The molecule has 0 aliphatic carbocycles. The maximum atomic E-state index is 8.82. The first-order valence-electron chi connectivity index (χ1n) is 2.91. The van der Waals surface area contributed by atoms with Crippen LogP contribution in [-0.4, -0.2) is 9.53 Å². The van der Waals surface area contributed by atoms with Gasteiger partial charge in [-0.05, 0) is 5.41 Å². The number of halogens is 1. The Balaban J connectivity index is 3.71. The fraction of sp³-hybridized carbons (Fsp3) is 0.714. The molecule has 0 saturated heterocycles. The predicted octanol–water partition coefficient (Wildman–Crippen LogP) is 2.91. The first-order valence-corrected chi connectivity index (χ1v) is 4.43. The number of hydrogen-bond donors (Lipinski definition) is 1. The summed E-state index contributed by atoms with van der Waals surface area (Å²) in [5.41, 5.74) is 0.201. The summed E-state index contributed by atoms with van der Waals surface area (Å²) in [6.45, 7) is 7.66. The quantitative estimate of drug-likeness (QED) is 0.457. The molecule has 0 spiro atoms. The molecule has 0 amide bonds. The second-order valence-corrected chi connectivity index (χ2v) is 3.80. The number of aliphatic hydroxyl groups excluding tert-OH is 1. The summed E-state index contributed by atoms with van der Waals surface area (Å²) in [5.74, 6) is 0.289. The largest absolute Gasteiger partial charge is 0.513 e. The highest BCUT2D eigenvalue weighted by atomic mass is 127. The van der Waals surface area contributed by atoms with Crippen LogP contribution in [0.15, 0.2) is 12.3 Å². The molecule has 0 aliphatic rings. The fourth-order valence-electron chi connectivity index (χ4n) is 0.600. The highest BCUT2D eigenvalue weighted by Gasteiger charge is 2.16. The topological polar surface area (TPSA) is 20.2 Å². The van der Waals surface area contributed by atoms with Crippen LogP contribution in [0.25, 0.3) is 0 Å². The number of hydrogen-bond acceptors (Lipinski definition) is 1. The Hall–Kier alpha value is 0.270. The number of alkyl halides is 1. The van der Waals surface area contributed by atoms with E-state index in [1.165, 1.54) is 0 Å². The van der Waals surface area contributed by atoms with Crippen LogP contribution >= 0.6 is 22.6 Å². The van der Waals surface area contributed by atoms with Crippen LogP contribution in [0.5, 0.6) is 0 Å². The summed E-state index contributed by atoms with van der Waals surface area (Å²) in [7, 11) is 0. The van der Waals surface area contributed by atoms with Gasteiger partial charge >= 0.3 is 0 Å².